The summed E-state index contributed by atoms with van der Waals surface area (Å²) in [5.74, 6) is 1.50. The summed E-state index contributed by atoms with van der Waals surface area (Å²) in [6, 6.07) is 22.5. The fourth-order valence-electron chi connectivity index (χ4n) is 4.00. The SMILES string of the molecule is CCOc1ccc(-c2noc(-c3ccc4c(=O)n(CCCc5ccccc5)c(=O)[nH]c4c3)n2)cc1. The number of aryl methyl sites for hydroxylation is 1. The van der Waals surface area contributed by atoms with E-state index < -0.39 is 5.69 Å². The Labute approximate surface area is 200 Å². The zero-order valence-corrected chi connectivity index (χ0v) is 19.2. The highest BCUT2D eigenvalue weighted by atomic mass is 16.5. The quantitative estimate of drug-likeness (QED) is 0.361. The first-order valence-corrected chi connectivity index (χ1v) is 11.5. The van der Waals surface area contributed by atoms with Gasteiger partial charge in [-0.3, -0.25) is 9.36 Å². The van der Waals surface area contributed by atoms with Gasteiger partial charge in [-0.2, -0.15) is 4.98 Å². The normalized spacial score (nSPS) is 11.1. The van der Waals surface area contributed by atoms with Gasteiger partial charge in [0.1, 0.15) is 5.75 Å². The van der Waals surface area contributed by atoms with Crippen LogP contribution in [0.1, 0.15) is 18.9 Å². The Morgan fingerprint density at radius 1 is 0.971 bits per heavy atom. The third-order valence-corrected chi connectivity index (χ3v) is 5.77. The fraction of sp³-hybridized carbons (Fsp3) is 0.185. The van der Waals surface area contributed by atoms with Crippen molar-refractivity contribution < 1.29 is 9.26 Å². The van der Waals surface area contributed by atoms with E-state index in [-0.39, 0.29) is 5.56 Å². The van der Waals surface area contributed by atoms with E-state index in [9.17, 15) is 9.59 Å². The molecule has 0 bridgehead atoms. The molecular weight excluding hydrogens is 444 g/mol. The second-order valence-corrected chi connectivity index (χ2v) is 8.12. The molecule has 0 fully saturated rings. The van der Waals surface area contributed by atoms with Gasteiger partial charge in [0.2, 0.25) is 5.82 Å². The zero-order chi connectivity index (χ0) is 24.2. The molecule has 2 heterocycles. The summed E-state index contributed by atoms with van der Waals surface area (Å²) in [5.41, 5.74) is 2.25. The molecule has 176 valence electrons. The number of hydrogen-bond donors (Lipinski definition) is 1. The molecule has 8 nitrogen and oxygen atoms in total. The van der Waals surface area contributed by atoms with Crippen LogP contribution in [-0.4, -0.2) is 26.3 Å². The minimum Gasteiger partial charge on any atom is -0.494 e. The molecule has 0 unspecified atom stereocenters. The van der Waals surface area contributed by atoms with Crippen LogP contribution < -0.4 is 16.0 Å². The smallest absolute Gasteiger partial charge is 0.328 e. The molecule has 8 heteroatoms. The van der Waals surface area contributed by atoms with Crippen LogP contribution in [0.25, 0.3) is 33.7 Å². The number of aromatic amines is 1. The van der Waals surface area contributed by atoms with Crippen molar-refractivity contribution in [3.05, 3.63) is 99.2 Å². The number of ether oxygens (including phenoxy) is 1. The molecule has 0 aliphatic rings. The lowest BCUT2D eigenvalue weighted by Crippen LogP contribution is -2.35. The number of rotatable bonds is 8. The van der Waals surface area contributed by atoms with Crippen molar-refractivity contribution in [3.8, 4) is 28.6 Å². The van der Waals surface area contributed by atoms with Crippen molar-refractivity contribution in [2.24, 2.45) is 0 Å². The molecule has 0 atom stereocenters. The summed E-state index contributed by atoms with van der Waals surface area (Å²) >= 11 is 0. The minimum absolute atomic E-state index is 0.295. The predicted molar refractivity (Wildman–Crippen MR) is 133 cm³/mol. The first-order chi connectivity index (χ1) is 17.1. The van der Waals surface area contributed by atoms with E-state index >= 15 is 0 Å². The summed E-state index contributed by atoms with van der Waals surface area (Å²) in [4.78, 5) is 32.9. The van der Waals surface area contributed by atoms with Crippen molar-refractivity contribution in [3.63, 3.8) is 0 Å². The molecule has 0 aliphatic carbocycles. The summed E-state index contributed by atoms with van der Waals surface area (Å²) in [6.07, 6.45) is 1.48. The zero-order valence-electron chi connectivity index (χ0n) is 19.2. The van der Waals surface area contributed by atoms with E-state index in [1.165, 1.54) is 10.1 Å². The lowest BCUT2D eigenvalue weighted by atomic mass is 10.1. The third kappa shape index (κ3) is 4.77. The van der Waals surface area contributed by atoms with Gasteiger partial charge in [-0.15, -0.1) is 0 Å². The molecule has 35 heavy (non-hydrogen) atoms. The Morgan fingerprint density at radius 3 is 2.51 bits per heavy atom. The van der Waals surface area contributed by atoms with Gasteiger partial charge in [0.15, 0.2) is 0 Å². The second-order valence-electron chi connectivity index (χ2n) is 8.12. The van der Waals surface area contributed by atoms with E-state index in [0.29, 0.717) is 47.8 Å². The molecule has 5 rings (SSSR count). The van der Waals surface area contributed by atoms with Gasteiger partial charge in [0, 0.05) is 17.7 Å². The van der Waals surface area contributed by atoms with Gasteiger partial charge < -0.3 is 14.2 Å². The maximum absolute atomic E-state index is 13.0. The molecule has 5 aromatic rings. The van der Waals surface area contributed by atoms with Crippen LogP contribution >= 0.6 is 0 Å². The van der Waals surface area contributed by atoms with Crippen LogP contribution in [0.3, 0.4) is 0 Å². The van der Waals surface area contributed by atoms with Gasteiger partial charge in [0.05, 0.1) is 17.5 Å². The molecule has 0 spiro atoms. The van der Waals surface area contributed by atoms with Gasteiger partial charge in [-0.1, -0.05) is 35.5 Å². The molecule has 3 aromatic carbocycles. The minimum atomic E-state index is -0.437. The Kier molecular flexibility index (Phi) is 6.26. The molecule has 0 saturated heterocycles. The van der Waals surface area contributed by atoms with Gasteiger partial charge in [-0.05, 0) is 67.8 Å². The maximum Gasteiger partial charge on any atom is 0.328 e. The fourth-order valence-corrected chi connectivity index (χ4v) is 4.00. The Bertz CT molecular complexity index is 1570. The highest BCUT2D eigenvalue weighted by molar-refractivity contribution is 5.82. The number of benzene rings is 3. The number of aromatic nitrogens is 4. The third-order valence-electron chi connectivity index (χ3n) is 5.77. The highest BCUT2D eigenvalue weighted by Crippen LogP contribution is 2.25. The van der Waals surface area contributed by atoms with Crippen molar-refractivity contribution >= 4 is 10.9 Å². The van der Waals surface area contributed by atoms with Crippen LogP contribution in [0.2, 0.25) is 0 Å². The number of nitrogens with zero attached hydrogens (tertiary/aromatic N) is 3. The van der Waals surface area contributed by atoms with Crippen molar-refractivity contribution in [1.29, 1.82) is 0 Å². The maximum atomic E-state index is 13.0. The summed E-state index contributed by atoms with van der Waals surface area (Å²) in [7, 11) is 0. The Balaban J connectivity index is 1.38. The first-order valence-electron chi connectivity index (χ1n) is 11.5. The molecule has 2 aromatic heterocycles. The molecule has 1 N–H and O–H groups in total. The summed E-state index contributed by atoms with van der Waals surface area (Å²) in [6.45, 7) is 2.86. The second kappa shape index (κ2) is 9.80. The van der Waals surface area contributed by atoms with Crippen LogP contribution in [0, 0.1) is 0 Å². The topological polar surface area (TPSA) is 103 Å². The lowest BCUT2D eigenvalue weighted by Gasteiger charge is -2.07. The number of H-pyrrole nitrogens is 1. The lowest BCUT2D eigenvalue weighted by molar-refractivity contribution is 0.340. The van der Waals surface area contributed by atoms with E-state index in [2.05, 4.69) is 15.1 Å². The van der Waals surface area contributed by atoms with E-state index in [1.807, 2.05) is 61.5 Å². The Morgan fingerprint density at radius 2 is 1.74 bits per heavy atom. The van der Waals surface area contributed by atoms with Crippen LogP contribution in [0.15, 0.2) is 86.9 Å². The molecule has 0 saturated carbocycles. The van der Waals surface area contributed by atoms with Crippen molar-refractivity contribution in [1.82, 2.24) is 19.7 Å². The van der Waals surface area contributed by atoms with Crippen LogP contribution in [0.4, 0.5) is 0 Å². The first kappa shape index (κ1) is 22.3. The van der Waals surface area contributed by atoms with E-state index in [1.54, 1.807) is 18.2 Å². The van der Waals surface area contributed by atoms with Crippen LogP contribution in [-0.2, 0) is 13.0 Å². The van der Waals surface area contributed by atoms with Gasteiger partial charge >= 0.3 is 5.69 Å². The van der Waals surface area contributed by atoms with Crippen molar-refractivity contribution in [2.45, 2.75) is 26.3 Å². The van der Waals surface area contributed by atoms with Crippen LogP contribution in [0.5, 0.6) is 5.75 Å². The highest BCUT2D eigenvalue weighted by Gasteiger charge is 2.14. The summed E-state index contributed by atoms with van der Waals surface area (Å²) in [5, 5.41) is 4.49. The number of hydrogen-bond acceptors (Lipinski definition) is 6. The summed E-state index contributed by atoms with van der Waals surface area (Å²) < 4.78 is 12.2. The molecule has 0 amide bonds. The number of fused-ring (bicyclic) bond motifs is 1. The van der Waals surface area contributed by atoms with Gasteiger partial charge in [0.25, 0.3) is 11.4 Å². The monoisotopic (exact) mass is 468 g/mol. The van der Waals surface area contributed by atoms with Gasteiger partial charge in [-0.25, -0.2) is 4.79 Å². The average Bonchev–Trinajstić information content (AvgIpc) is 3.37. The number of nitrogens with one attached hydrogen (secondary N) is 1. The predicted octanol–water partition coefficient (Wildman–Crippen LogP) is 4.44. The standard InChI is InChI=1S/C27H24N4O4/c1-2-34-21-13-10-19(11-14-21)24-29-25(35-30-24)20-12-15-22-23(17-20)28-27(33)31(26(22)32)16-6-9-18-7-4-3-5-8-18/h3-5,7-8,10-15,17H,2,6,9,16H2,1H3,(H,28,33). The molecular formula is C27H24N4O4. The Hall–Kier alpha value is -4.46. The molecule has 0 radical (unpaired) electrons. The molecule has 0 aliphatic heterocycles. The van der Waals surface area contributed by atoms with E-state index in [4.69, 9.17) is 9.26 Å². The average molecular weight is 469 g/mol. The van der Waals surface area contributed by atoms with Crippen molar-refractivity contribution in [2.75, 3.05) is 6.61 Å². The largest absolute Gasteiger partial charge is 0.494 e. The van der Waals surface area contributed by atoms with E-state index in [0.717, 1.165) is 17.7 Å².